The summed E-state index contributed by atoms with van der Waals surface area (Å²) in [6.45, 7) is 15.3. The Labute approximate surface area is 480 Å². The average Bonchev–Trinajstić information content (AvgIpc) is 3.25. The topological polar surface area (TPSA) is 300 Å². The molecule has 0 spiro atoms. The third kappa shape index (κ3) is 48.7. The number of pyridine rings is 2. The number of amides is 4. The number of carbonyl (C=O) groups excluding carboxylic acids is 6. The molecular weight excluding hydrogens is 1520 g/mol. The quantitative estimate of drug-likeness (QED) is 0.0351. The van der Waals surface area contributed by atoms with Crippen LogP contribution in [0.15, 0.2) is 48.8 Å². The van der Waals surface area contributed by atoms with E-state index in [0.717, 1.165) is 62.9 Å². The van der Waals surface area contributed by atoms with Crippen LogP contribution < -0.4 is 145 Å². The van der Waals surface area contributed by atoms with Crippen molar-refractivity contribution in [1.82, 2.24) is 36.6 Å². The first-order valence-corrected chi connectivity index (χ1v) is 19.0. The molecule has 0 aliphatic rings. The van der Waals surface area contributed by atoms with Crippen molar-refractivity contribution >= 4 is 56.1 Å². The number of urea groups is 1. The van der Waals surface area contributed by atoms with Crippen molar-refractivity contribution in [1.29, 1.82) is 0 Å². The fraction of sp³-hybridized carbons (Fsp3) is 0.525. The van der Waals surface area contributed by atoms with Crippen LogP contribution in [0.25, 0.3) is 0 Å². The number of aromatic nitrogens is 2. The number of nitrogens with one attached hydrogen (secondary N) is 5. The van der Waals surface area contributed by atoms with Crippen molar-refractivity contribution in [2.24, 2.45) is 0 Å². The van der Waals surface area contributed by atoms with Crippen LogP contribution in [0.5, 0.6) is 0 Å². The number of carbonyl (C=O) groups is 6. The minimum absolute atomic E-state index is 0. The summed E-state index contributed by atoms with van der Waals surface area (Å²) in [5.74, 6) is -4.04. The molecule has 2 atom stereocenters. The van der Waals surface area contributed by atoms with Gasteiger partial charge in [-0.15, -0.1) is 0 Å². The molecule has 0 fully saturated rings. The Kier molecular flexibility index (Phi) is 81.3. The number of aliphatic carboxylic acids is 3. The van der Waals surface area contributed by atoms with Gasteiger partial charge in [-0.25, -0.2) is 14.4 Å². The van der Waals surface area contributed by atoms with Gasteiger partial charge in [0.25, 0.3) is 20.4 Å². The molecule has 378 valence electrons. The van der Waals surface area contributed by atoms with Gasteiger partial charge in [0.05, 0.1) is 17.4 Å². The fourth-order valence-electron chi connectivity index (χ4n) is 5.48. The predicted molar refractivity (Wildman–Crippen MR) is 213 cm³/mol. The van der Waals surface area contributed by atoms with Crippen molar-refractivity contribution in [3.05, 3.63) is 60.2 Å². The molecule has 2 heterocycles. The second kappa shape index (κ2) is 61.9. The summed E-state index contributed by atoms with van der Waals surface area (Å²) in [6.07, 6.45) is 11.6. The summed E-state index contributed by atoms with van der Waals surface area (Å²) in [6, 6.07) is 7.90. The molecule has 67 heavy (non-hydrogen) atoms. The number of halogens is 7. The van der Waals surface area contributed by atoms with Crippen LogP contribution in [-0.4, -0.2) is 113 Å². The van der Waals surface area contributed by atoms with E-state index in [0.29, 0.717) is 45.2 Å². The van der Waals surface area contributed by atoms with Crippen LogP contribution in [0, 0.1) is 0 Å². The molecule has 2 aromatic rings. The second-order valence-electron chi connectivity index (χ2n) is 12.8. The maximum atomic E-state index is 12.2. The van der Waals surface area contributed by atoms with E-state index in [9.17, 15) is 33.9 Å². The maximum Gasteiger partial charge on any atom is 7.00 e. The molecule has 0 aromatic carbocycles. The summed E-state index contributed by atoms with van der Waals surface area (Å²) in [4.78, 5) is 101. The van der Waals surface area contributed by atoms with E-state index in [1.165, 1.54) is 0 Å². The number of carboxylic acid groups (broad SMARTS) is 3. The third-order valence-electron chi connectivity index (χ3n) is 8.39. The normalized spacial score (nSPS) is 9.69. The van der Waals surface area contributed by atoms with Crippen molar-refractivity contribution in [2.45, 2.75) is 114 Å². The first-order valence-electron chi connectivity index (χ1n) is 19.0. The van der Waals surface area contributed by atoms with Gasteiger partial charge in [-0.05, 0) is 82.2 Å². The summed E-state index contributed by atoms with van der Waals surface area (Å²) in [7, 11) is 0. The van der Waals surface area contributed by atoms with Crippen molar-refractivity contribution in [2.75, 3.05) is 19.6 Å². The molecule has 6 radical (unpaired) electrons. The molecule has 2 unspecified atom stereocenters. The molecule has 0 saturated carbocycles. The number of hydrogen-bond acceptors (Lipinski definition) is 12. The minimum Gasteiger partial charge on any atom is -1.00 e. The number of rotatable bonds is 29. The predicted octanol–water partition coefficient (Wildman–Crippen LogP) is -18.6. The van der Waals surface area contributed by atoms with Crippen LogP contribution in [0.2, 0.25) is 0 Å². The summed E-state index contributed by atoms with van der Waals surface area (Å²) >= 11 is 0. The number of unbranched alkanes of at least 4 members (excludes halogenated alkanes) is 7. The van der Waals surface area contributed by atoms with Crippen LogP contribution >= 0.6 is 0 Å². The largest absolute Gasteiger partial charge is 7.00 e. The molecule has 4 amide bonds. The molecule has 2 aromatic heterocycles. The second-order valence-corrected chi connectivity index (χ2v) is 12.8. The molecule has 0 bridgehead atoms. The van der Waals surface area contributed by atoms with Gasteiger partial charge in [-0.2, -0.15) is 0 Å². The standard InChI is InChI=1S/C37H55N7O9.3CO.7BrH.Re/c45-31(40-24-10-3-4-11-26-42-34(27-15-7-12-22-38-27)28-16-8-13-23-39-28)18-5-1-2-6-19-32(46)41-25-14-9-17-29(35(49)50)43-37(53)44-30(36(51)52)20-21-33(47)48;3*1-2;;;;;;;;/h7-8,12-13,15-16,22-23,29-30,34,42H,1-6,9-11,14,17-21,24-26H2,(H,40,45)(H,41,46)(H,47,48)(H,49,50)(H,51,52)(H2,43,44,53);;;;7*1H;/q;;;;;;;;;;;+7/p-7. The van der Waals surface area contributed by atoms with Crippen LogP contribution in [-0.2, 0) is 58.8 Å². The third-order valence-corrected chi connectivity index (χ3v) is 8.39. The minimum atomic E-state index is -1.47. The number of carboxylic acids is 3. The fourth-order valence-corrected chi connectivity index (χ4v) is 5.48. The average molecular weight is 1570 g/mol. The smallest absolute Gasteiger partial charge is 1.00 e. The van der Waals surface area contributed by atoms with E-state index in [1.54, 1.807) is 12.4 Å². The Bertz CT molecular complexity index is 1450. The van der Waals surface area contributed by atoms with Gasteiger partial charge in [0.15, 0.2) is 0 Å². The molecule has 19 nitrogen and oxygen atoms in total. The first-order chi connectivity index (χ1) is 28.6. The number of nitrogens with zero attached hydrogens (tertiary/aromatic N) is 2. The van der Waals surface area contributed by atoms with E-state index in [1.807, 2.05) is 36.4 Å². The molecule has 8 N–H and O–H groups in total. The summed E-state index contributed by atoms with van der Waals surface area (Å²) in [5, 5.41) is 40.9. The molecule has 27 heteroatoms. The van der Waals surface area contributed by atoms with Gasteiger partial charge in [-0.1, -0.05) is 37.8 Å². The van der Waals surface area contributed by atoms with Gasteiger partial charge >= 0.3 is 44.4 Å². The molecule has 2 rings (SSSR count). The monoisotopic (exact) mass is 1560 g/mol. The van der Waals surface area contributed by atoms with E-state index in [-0.39, 0.29) is 170 Å². The van der Waals surface area contributed by atoms with Crippen molar-refractivity contribution < 1.29 is 198 Å². The van der Waals surface area contributed by atoms with Gasteiger partial charge in [0, 0.05) is 44.7 Å². The van der Waals surface area contributed by atoms with Crippen LogP contribution in [0.4, 0.5) is 4.79 Å². The first kappa shape index (κ1) is 87.9. The molecular formula is C40H55Br7N7O12Re. The van der Waals surface area contributed by atoms with E-state index in [4.69, 9.17) is 24.6 Å². The SMILES string of the molecule is O=C(O)CCC(NC(=O)NC(CCCCNC(=O)CCCCCCC(=O)NCCCCCCNC(c1ccccn1)c1ccccn1)C(=O)O)C(=O)O.[Br-].[Br-].[Br-].[Br-].[Br-].[Br-].[Br-].[C]=O.[C]=O.[C]=O.[Re+7]. The Balaban J connectivity index is -0.000000278. The molecule has 0 saturated heterocycles. The zero-order chi connectivity index (χ0) is 44.7. The maximum absolute atomic E-state index is 12.2. The van der Waals surface area contributed by atoms with Gasteiger partial charge in [-0.3, -0.25) is 38.7 Å². The van der Waals surface area contributed by atoms with Crippen molar-refractivity contribution in [3.8, 4) is 0 Å². The van der Waals surface area contributed by atoms with E-state index < -0.39 is 42.4 Å². The van der Waals surface area contributed by atoms with E-state index >= 15 is 0 Å². The molecule has 0 aliphatic carbocycles. The Morgan fingerprint density at radius 2 is 0.866 bits per heavy atom. The molecule has 0 aliphatic heterocycles. The summed E-state index contributed by atoms with van der Waals surface area (Å²) in [5.41, 5.74) is 1.87. The van der Waals surface area contributed by atoms with Crippen LogP contribution in [0.1, 0.15) is 114 Å². The zero-order valence-electron chi connectivity index (χ0n) is 36.0. The zero-order valence-corrected chi connectivity index (χ0v) is 49.8. The van der Waals surface area contributed by atoms with Crippen LogP contribution in [0.3, 0.4) is 0 Å². The Hall–Kier alpha value is -2.09. The number of hydrogen-bond donors (Lipinski definition) is 8. The summed E-state index contributed by atoms with van der Waals surface area (Å²) < 4.78 is 0. The van der Waals surface area contributed by atoms with Gasteiger partial charge in [0.1, 0.15) is 12.1 Å². The van der Waals surface area contributed by atoms with Gasteiger partial charge in [0.2, 0.25) is 11.8 Å². The van der Waals surface area contributed by atoms with Crippen molar-refractivity contribution in [3.63, 3.8) is 0 Å². The van der Waals surface area contributed by atoms with Gasteiger partial charge < -0.3 is 161 Å². The Morgan fingerprint density at radius 3 is 1.24 bits per heavy atom. The van der Waals surface area contributed by atoms with E-state index in [2.05, 4.69) is 56.9 Å². The Morgan fingerprint density at radius 1 is 0.493 bits per heavy atom.